The van der Waals surface area contributed by atoms with Crippen molar-refractivity contribution in [1.82, 2.24) is 25.5 Å². The Balaban J connectivity index is 0.00000320. The molecule has 7 nitrogen and oxygen atoms in total. The molecule has 1 aliphatic heterocycles. The van der Waals surface area contributed by atoms with Crippen LogP contribution in [-0.2, 0) is 6.42 Å². The number of piperazine rings is 1. The number of nitrogens with zero attached hydrogens (tertiary/aromatic N) is 5. The van der Waals surface area contributed by atoms with E-state index in [0.29, 0.717) is 13.0 Å². The van der Waals surface area contributed by atoms with Crippen molar-refractivity contribution in [2.45, 2.75) is 13.3 Å². The van der Waals surface area contributed by atoms with Gasteiger partial charge >= 0.3 is 0 Å². The van der Waals surface area contributed by atoms with E-state index >= 15 is 0 Å². The topological polar surface area (TPSA) is 68.7 Å². The van der Waals surface area contributed by atoms with Gasteiger partial charge in [-0.25, -0.2) is 14.4 Å². The van der Waals surface area contributed by atoms with Gasteiger partial charge in [-0.2, -0.15) is 0 Å². The molecule has 0 radical (unpaired) electrons. The fourth-order valence-electron chi connectivity index (χ4n) is 3.29. The zero-order valence-electron chi connectivity index (χ0n) is 17.4. The Morgan fingerprint density at radius 1 is 1.07 bits per heavy atom. The minimum atomic E-state index is -0.156. The molecule has 30 heavy (non-hydrogen) atoms. The lowest BCUT2D eigenvalue weighted by Gasteiger charge is -2.34. The van der Waals surface area contributed by atoms with Crippen molar-refractivity contribution >= 4 is 35.9 Å². The van der Waals surface area contributed by atoms with Gasteiger partial charge in [-0.15, -0.1) is 24.0 Å². The molecule has 2 heterocycles. The summed E-state index contributed by atoms with van der Waals surface area (Å²) in [6.07, 6.45) is 4.19. The van der Waals surface area contributed by atoms with Crippen molar-refractivity contribution < 1.29 is 4.39 Å². The number of aliphatic imine (C=N–C) groups is 1. The molecule has 1 fully saturated rings. The fourth-order valence-corrected chi connectivity index (χ4v) is 3.29. The van der Waals surface area contributed by atoms with E-state index in [1.54, 1.807) is 18.5 Å². The molecule has 0 saturated carbocycles. The Hall–Kier alpha value is -2.01. The summed E-state index contributed by atoms with van der Waals surface area (Å²) in [5, 5.41) is 6.54. The Morgan fingerprint density at radius 3 is 2.50 bits per heavy atom. The summed E-state index contributed by atoms with van der Waals surface area (Å²) >= 11 is 0. The van der Waals surface area contributed by atoms with Gasteiger partial charge in [-0.1, -0.05) is 18.2 Å². The lowest BCUT2D eigenvalue weighted by atomic mass is 10.1. The summed E-state index contributed by atoms with van der Waals surface area (Å²) in [6.45, 7) is 8.91. The molecular weight excluding hydrogens is 496 g/mol. The molecular formula is C21H31FIN7. The van der Waals surface area contributed by atoms with Gasteiger partial charge in [0.2, 0.25) is 5.95 Å². The monoisotopic (exact) mass is 527 g/mol. The first kappa shape index (κ1) is 24.3. The molecule has 0 amide bonds. The van der Waals surface area contributed by atoms with Crippen LogP contribution >= 0.6 is 24.0 Å². The average molecular weight is 527 g/mol. The third-order valence-electron chi connectivity index (χ3n) is 4.88. The summed E-state index contributed by atoms with van der Waals surface area (Å²) in [6, 6.07) is 8.73. The number of hydrogen-bond acceptors (Lipinski definition) is 5. The van der Waals surface area contributed by atoms with Gasteiger partial charge in [0.15, 0.2) is 5.96 Å². The quantitative estimate of drug-likeness (QED) is 0.312. The first-order valence-electron chi connectivity index (χ1n) is 10.3. The van der Waals surface area contributed by atoms with Gasteiger partial charge in [-0.3, -0.25) is 9.89 Å². The van der Waals surface area contributed by atoms with E-state index in [1.165, 1.54) is 6.07 Å². The molecule has 0 atom stereocenters. The maximum atomic E-state index is 13.7. The number of guanidine groups is 1. The first-order chi connectivity index (χ1) is 14.3. The molecule has 1 saturated heterocycles. The van der Waals surface area contributed by atoms with Crippen LogP contribution in [-0.4, -0.2) is 73.2 Å². The standard InChI is InChI=1S/C21H30FN7.HI/c1-2-23-20(24-11-8-18-6-3-4-7-19(18)22)25-12-13-28-14-16-29(17-15-28)21-26-9-5-10-27-21;/h3-7,9-10H,2,8,11-17H2,1H3,(H2,23,24,25);1H. The number of nitrogens with one attached hydrogen (secondary N) is 2. The van der Waals surface area contributed by atoms with Crippen LogP contribution in [0.5, 0.6) is 0 Å². The van der Waals surface area contributed by atoms with Crippen LogP contribution in [0.2, 0.25) is 0 Å². The summed E-state index contributed by atoms with van der Waals surface area (Å²) in [5.74, 6) is 1.43. The average Bonchev–Trinajstić information content (AvgIpc) is 2.76. The number of halogens is 2. The van der Waals surface area contributed by atoms with Crippen molar-refractivity contribution in [3.8, 4) is 0 Å². The normalized spacial score (nSPS) is 14.9. The summed E-state index contributed by atoms with van der Waals surface area (Å²) in [5.41, 5.74) is 0.719. The minimum Gasteiger partial charge on any atom is -0.357 e. The van der Waals surface area contributed by atoms with E-state index < -0.39 is 0 Å². The molecule has 3 rings (SSSR count). The van der Waals surface area contributed by atoms with Crippen LogP contribution < -0.4 is 15.5 Å². The van der Waals surface area contributed by atoms with Gasteiger partial charge in [0, 0.05) is 58.2 Å². The van der Waals surface area contributed by atoms with E-state index in [2.05, 4.69) is 35.4 Å². The Labute approximate surface area is 195 Å². The highest BCUT2D eigenvalue weighted by molar-refractivity contribution is 14.0. The van der Waals surface area contributed by atoms with Gasteiger partial charge in [0.25, 0.3) is 0 Å². The zero-order valence-corrected chi connectivity index (χ0v) is 19.8. The van der Waals surface area contributed by atoms with Gasteiger partial charge in [-0.05, 0) is 31.0 Å². The van der Waals surface area contributed by atoms with E-state index in [9.17, 15) is 4.39 Å². The second-order valence-corrected chi connectivity index (χ2v) is 6.91. The summed E-state index contributed by atoms with van der Waals surface area (Å²) in [4.78, 5) is 17.9. The smallest absolute Gasteiger partial charge is 0.225 e. The Bertz CT molecular complexity index is 767. The van der Waals surface area contributed by atoms with Crippen LogP contribution in [0.1, 0.15) is 12.5 Å². The predicted molar refractivity (Wildman–Crippen MR) is 130 cm³/mol. The van der Waals surface area contributed by atoms with Crippen LogP contribution in [0.15, 0.2) is 47.7 Å². The second kappa shape index (κ2) is 13.3. The molecule has 164 valence electrons. The molecule has 2 aromatic rings. The predicted octanol–water partition coefficient (Wildman–Crippen LogP) is 2.15. The molecule has 1 aromatic carbocycles. The summed E-state index contributed by atoms with van der Waals surface area (Å²) in [7, 11) is 0. The third kappa shape index (κ3) is 7.67. The molecule has 0 unspecified atom stereocenters. The Kier molecular flexibility index (Phi) is 10.8. The second-order valence-electron chi connectivity index (χ2n) is 6.91. The molecule has 1 aliphatic rings. The van der Waals surface area contributed by atoms with Gasteiger partial charge < -0.3 is 15.5 Å². The van der Waals surface area contributed by atoms with E-state index in [-0.39, 0.29) is 29.8 Å². The highest BCUT2D eigenvalue weighted by atomic mass is 127. The Morgan fingerprint density at radius 2 is 1.80 bits per heavy atom. The van der Waals surface area contributed by atoms with Crippen LogP contribution in [0, 0.1) is 5.82 Å². The van der Waals surface area contributed by atoms with Crippen molar-refractivity contribution in [2.24, 2.45) is 4.99 Å². The zero-order chi connectivity index (χ0) is 20.3. The van der Waals surface area contributed by atoms with Gasteiger partial charge in [0.05, 0.1) is 6.54 Å². The maximum absolute atomic E-state index is 13.7. The maximum Gasteiger partial charge on any atom is 0.225 e. The number of anilines is 1. The molecule has 9 heteroatoms. The molecule has 0 aliphatic carbocycles. The fraction of sp³-hybridized carbons (Fsp3) is 0.476. The number of aromatic nitrogens is 2. The highest BCUT2D eigenvalue weighted by Crippen LogP contribution is 2.09. The van der Waals surface area contributed by atoms with Crippen molar-refractivity contribution in [2.75, 3.05) is 57.3 Å². The number of benzene rings is 1. The van der Waals surface area contributed by atoms with E-state index in [0.717, 1.165) is 63.3 Å². The van der Waals surface area contributed by atoms with Crippen molar-refractivity contribution in [3.63, 3.8) is 0 Å². The highest BCUT2D eigenvalue weighted by Gasteiger charge is 2.18. The molecule has 1 aromatic heterocycles. The SMILES string of the molecule is CCNC(=NCCN1CCN(c2ncccn2)CC1)NCCc1ccccc1F.I. The molecule has 0 spiro atoms. The third-order valence-corrected chi connectivity index (χ3v) is 4.88. The largest absolute Gasteiger partial charge is 0.357 e. The number of rotatable bonds is 8. The van der Waals surface area contributed by atoms with Crippen LogP contribution in [0.3, 0.4) is 0 Å². The van der Waals surface area contributed by atoms with E-state index in [4.69, 9.17) is 0 Å². The first-order valence-corrected chi connectivity index (χ1v) is 10.3. The van der Waals surface area contributed by atoms with Crippen molar-refractivity contribution in [3.05, 3.63) is 54.1 Å². The minimum absolute atomic E-state index is 0. The van der Waals surface area contributed by atoms with E-state index in [1.807, 2.05) is 25.1 Å². The van der Waals surface area contributed by atoms with Gasteiger partial charge in [0.1, 0.15) is 5.82 Å². The lowest BCUT2D eigenvalue weighted by Crippen LogP contribution is -2.47. The van der Waals surface area contributed by atoms with Crippen molar-refractivity contribution in [1.29, 1.82) is 0 Å². The lowest BCUT2D eigenvalue weighted by molar-refractivity contribution is 0.263. The van der Waals surface area contributed by atoms with Crippen LogP contribution in [0.25, 0.3) is 0 Å². The molecule has 2 N–H and O–H groups in total. The van der Waals surface area contributed by atoms with Crippen LogP contribution in [0.4, 0.5) is 10.3 Å². The number of hydrogen-bond donors (Lipinski definition) is 2. The molecule has 0 bridgehead atoms. The summed E-state index contributed by atoms with van der Waals surface area (Å²) < 4.78 is 13.7.